The van der Waals surface area contributed by atoms with E-state index in [4.69, 9.17) is 4.74 Å². The number of amides is 2. The Labute approximate surface area is 126 Å². The molecule has 3 heterocycles. The number of urea groups is 1. The molecule has 3 rings (SSSR count). The Morgan fingerprint density at radius 2 is 2.43 bits per heavy atom. The van der Waals surface area contributed by atoms with Gasteiger partial charge >= 0.3 is 6.03 Å². The molecule has 0 spiro atoms. The molecule has 0 saturated carbocycles. The van der Waals surface area contributed by atoms with Gasteiger partial charge in [0.25, 0.3) is 0 Å². The van der Waals surface area contributed by atoms with Gasteiger partial charge in [-0.1, -0.05) is 0 Å². The van der Waals surface area contributed by atoms with Crippen molar-refractivity contribution in [3.8, 4) is 5.75 Å². The number of rotatable bonds is 3. The van der Waals surface area contributed by atoms with Crippen LogP contribution in [0, 0.1) is 6.92 Å². The topological polar surface area (TPSA) is 67.4 Å². The van der Waals surface area contributed by atoms with Gasteiger partial charge in [0.1, 0.15) is 11.9 Å². The first-order valence-corrected chi connectivity index (χ1v) is 7.57. The molecule has 1 fully saturated rings. The van der Waals surface area contributed by atoms with E-state index in [1.165, 1.54) is 11.3 Å². The highest BCUT2D eigenvalue weighted by molar-refractivity contribution is 7.15. The van der Waals surface area contributed by atoms with Crippen LogP contribution < -0.4 is 10.1 Å². The summed E-state index contributed by atoms with van der Waals surface area (Å²) < 4.78 is 5.81. The fourth-order valence-corrected chi connectivity index (χ4v) is 2.86. The number of ether oxygens (including phenoxy) is 1. The molecule has 1 atom stereocenters. The third kappa shape index (κ3) is 3.49. The van der Waals surface area contributed by atoms with Crippen LogP contribution in [-0.2, 0) is 0 Å². The fourth-order valence-electron chi connectivity index (χ4n) is 2.20. The van der Waals surface area contributed by atoms with Crippen LogP contribution in [0.4, 0.5) is 9.93 Å². The molecule has 1 aliphatic rings. The molecule has 0 unspecified atom stereocenters. The molecule has 0 aliphatic carbocycles. The molecule has 2 aromatic rings. The van der Waals surface area contributed by atoms with Gasteiger partial charge in [0.05, 0.1) is 12.7 Å². The molecular weight excluding hydrogens is 288 g/mol. The Balaban J connectivity index is 1.53. The number of hydrogen-bond acceptors (Lipinski definition) is 5. The molecule has 21 heavy (non-hydrogen) atoms. The number of aromatic nitrogens is 2. The van der Waals surface area contributed by atoms with Crippen LogP contribution in [0.15, 0.2) is 30.7 Å². The first kappa shape index (κ1) is 13.8. The molecular formula is C14H16N4O2S. The summed E-state index contributed by atoms with van der Waals surface area (Å²) in [6.07, 6.45) is 5.97. The van der Waals surface area contributed by atoms with E-state index < -0.39 is 0 Å². The van der Waals surface area contributed by atoms with Gasteiger partial charge in [-0.2, -0.15) is 0 Å². The standard InChI is InChI=1S/C14H16N4O2S/c1-10-7-16-13(21-10)17-14(19)18-6-4-12(9-18)20-11-3-2-5-15-8-11/h2-3,5,7-8,12H,4,6,9H2,1H3,(H,16,17,19)/t12-/m1/s1. The maximum atomic E-state index is 12.1. The van der Waals surface area contributed by atoms with Gasteiger partial charge in [-0.25, -0.2) is 9.78 Å². The van der Waals surface area contributed by atoms with Crippen molar-refractivity contribution in [1.82, 2.24) is 14.9 Å². The monoisotopic (exact) mass is 304 g/mol. The molecule has 7 heteroatoms. The molecule has 2 amide bonds. The Morgan fingerprint density at radius 3 is 3.14 bits per heavy atom. The number of nitrogens with one attached hydrogen (secondary N) is 1. The number of anilines is 1. The molecule has 0 bridgehead atoms. The van der Waals surface area contributed by atoms with Crippen molar-refractivity contribution in [1.29, 1.82) is 0 Å². The average molecular weight is 304 g/mol. The summed E-state index contributed by atoms with van der Waals surface area (Å²) in [5, 5.41) is 3.45. The summed E-state index contributed by atoms with van der Waals surface area (Å²) in [6, 6.07) is 3.58. The Kier molecular flexibility index (Phi) is 4.01. The van der Waals surface area contributed by atoms with Gasteiger partial charge in [0.2, 0.25) is 0 Å². The lowest BCUT2D eigenvalue weighted by molar-refractivity contribution is 0.194. The normalized spacial score (nSPS) is 17.8. The summed E-state index contributed by atoms with van der Waals surface area (Å²) in [5.41, 5.74) is 0. The Bertz CT molecular complexity index is 616. The number of pyridine rings is 1. The van der Waals surface area contributed by atoms with E-state index in [1.54, 1.807) is 23.5 Å². The van der Waals surface area contributed by atoms with E-state index in [9.17, 15) is 4.79 Å². The molecule has 2 aromatic heterocycles. The lowest BCUT2D eigenvalue weighted by atomic mass is 10.3. The summed E-state index contributed by atoms with van der Waals surface area (Å²) >= 11 is 1.47. The van der Waals surface area contributed by atoms with Gasteiger partial charge in [0, 0.05) is 30.2 Å². The Morgan fingerprint density at radius 1 is 1.52 bits per heavy atom. The van der Waals surface area contributed by atoms with Crippen LogP contribution in [0.5, 0.6) is 5.75 Å². The second-order valence-corrected chi connectivity index (χ2v) is 6.10. The number of thiazole rings is 1. The lowest BCUT2D eigenvalue weighted by Gasteiger charge is -2.17. The van der Waals surface area contributed by atoms with E-state index >= 15 is 0 Å². The van der Waals surface area contributed by atoms with Gasteiger partial charge in [-0.05, 0) is 19.1 Å². The summed E-state index contributed by atoms with van der Waals surface area (Å²) in [7, 11) is 0. The quantitative estimate of drug-likeness (QED) is 0.946. The largest absolute Gasteiger partial charge is 0.487 e. The number of carbonyl (C=O) groups excluding carboxylic acids is 1. The minimum atomic E-state index is -0.123. The predicted molar refractivity (Wildman–Crippen MR) is 80.7 cm³/mol. The predicted octanol–water partition coefficient (Wildman–Crippen LogP) is 2.53. The zero-order valence-electron chi connectivity index (χ0n) is 11.7. The van der Waals surface area contributed by atoms with Crippen molar-refractivity contribution < 1.29 is 9.53 Å². The molecule has 1 saturated heterocycles. The number of likely N-dealkylation sites (tertiary alicyclic amines) is 1. The molecule has 0 aromatic carbocycles. The van der Waals surface area contributed by atoms with Crippen LogP contribution >= 0.6 is 11.3 Å². The van der Waals surface area contributed by atoms with Gasteiger partial charge in [-0.15, -0.1) is 11.3 Å². The smallest absolute Gasteiger partial charge is 0.323 e. The minimum absolute atomic E-state index is 0.0120. The summed E-state index contributed by atoms with van der Waals surface area (Å²) in [4.78, 5) is 23.1. The van der Waals surface area contributed by atoms with Crippen LogP contribution in [0.3, 0.4) is 0 Å². The van der Waals surface area contributed by atoms with E-state index in [-0.39, 0.29) is 12.1 Å². The second kappa shape index (κ2) is 6.09. The lowest BCUT2D eigenvalue weighted by Crippen LogP contribution is -2.34. The number of nitrogens with zero attached hydrogens (tertiary/aromatic N) is 3. The van der Waals surface area contributed by atoms with Gasteiger partial charge in [-0.3, -0.25) is 10.3 Å². The average Bonchev–Trinajstić information content (AvgIpc) is 3.09. The highest BCUT2D eigenvalue weighted by Crippen LogP contribution is 2.20. The summed E-state index contributed by atoms with van der Waals surface area (Å²) in [5.74, 6) is 0.736. The highest BCUT2D eigenvalue weighted by atomic mass is 32.1. The van der Waals surface area contributed by atoms with Crippen molar-refractivity contribution in [2.24, 2.45) is 0 Å². The van der Waals surface area contributed by atoms with Crippen LogP contribution in [0.1, 0.15) is 11.3 Å². The van der Waals surface area contributed by atoms with Crippen molar-refractivity contribution in [2.45, 2.75) is 19.4 Å². The Hall–Kier alpha value is -2.15. The van der Waals surface area contributed by atoms with Crippen molar-refractivity contribution >= 4 is 22.5 Å². The fraction of sp³-hybridized carbons (Fsp3) is 0.357. The summed E-state index contributed by atoms with van der Waals surface area (Å²) in [6.45, 7) is 3.22. The van der Waals surface area contributed by atoms with E-state index in [0.717, 1.165) is 17.0 Å². The van der Waals surface area contributed by atoms with Gasteiger partial charge in [0.15, 0.2) is 5.13 Å². The zero-order valence-corrected chi connectivity index (χ0v) is 12.5. The SMILES string of the molecule is Cc1cnc(NC(=O)N2CC[C@@H](Oc3cccnc3)C2)s1. The number of carbonyl (C=O) groups is 1. The highest BCUT2D eigenvalue weighted by Gasteiger charge is 2.28. The van der Waals surface area contributed by atoms with Crippen LogP contribution in [0.25, 0.3) is 0 Å². The zero-order chi connectivity index (χ0) is 14.7. The van der Waals surface area contributed by atoms with E-state index in [0.29, 0.717) is 18.2 Å². The van der Waals surface area contributed by atoms with Crippen LogP contribution in [-0.4, -0.2) is 40.1 Å². The maximum Gasteiger partial charge on any atom is 0.323 e. The van der Waals surface area contributed by atoms with Crippen molar-refractivity contribution in [2.75, 3.05) is 18.4 Å². The van der Waals surface area contributed by atoms with Gasteiger partial charge < -0.3 is 9.64 Å². The third-order valence-electron chi connectivity index (χ3n) is 3.20. The van der Waals surface area contributed by atoms with E-state index in [1.807, 2.05) is 19.1 Å². The molecule has 1 N–H and O–H groups in total. The second-order valence-electron chi connectivity index (χ2n) is 4.87. The maximum absolute atomic E-state index is 12.1. The third-order valence-corrected chi connectivity index (χ3v) is 4.03. The van der Waals surface area contributed by atoms with Crippen molar-refractivity contribution in [3.05, 3.63) is 35.6 Å². The first-order valence-electron chi connectivity index (χ1n) is 6.76. The molecule has 1 aliphatic heterocycles. The van der Waals surface area contributed by atoms with Crippen LogP contribution in [0.2, 0.25) is 0 Å². The number of hydrogen-bond donors (Lipinski definition) is 1. The molecule has 0 radical (unpaired) electrons. The van der Waals surface area contributed by atoms with E-state index in [2.05, 4.69) is 15.3 Å². The number of aryl methyl sites for hydroxylation is 1. The molecule has 110 valence electrons. The minimum Gasteiger partial charge on any atom is -0.487 e. The van der Waals surface area contributed by atoms with Crippen molar-refractivity contribution in [3.63, 3.8) is 0 Å². The first-order chi connectivity index (χ1) is 10.2. The molecule has 6 nitrogen and oxygen atoms in total.